The van der Waals surface area contributed by atoms with E-state index in [1.54, 1.807) is 0 Å². The number of aliphatic hydroxyl groups is 8. The normalized spacial score (nSPS) is 34.3. The molecule has 4 aliphatic heterocycles. The number of aliphatic carboxylic acids is 2. The molecule has 4 aliphatic rings. The molecule has 0 amide bonds. The van der Waals surface area contributed by atoms with Gasteiger partial charge in [-0.25, -0.2) is 9.59 Å². The molecule has 22 heteroatoms. The second kappa shape index (κ2) is 15.7. The van der Waals surface area contributed by atoms with Gasteiger partial charge >= 0.3 is 11.9 Å². The minimum atomic E-state index is -2.00. The van der Waals surface area contributed by atoms with Crippen LogP contribution in [-0.4, -0.2) is 159 Å². The van der Waals surface area contributed by atoms with Crippen molar-refractivity contribution in [1.29, 1.82) is 0 Å². The summed E-state index contributed by atoms with van der Waals surface area (Å²) in [5.41, 5.74) is -0.109. The van der Waals surface area contributed by atoms with Crippen LogP contribution in [0.1, 0.15) is 33.7 Å². The fraction of sp³-hybridized carbons (Fsp3) is 0.417. The van der Waals surface area contributed by atoms with E-state index >= 15 is 0 Å². The monoisotopic (exact) mass is 820 g/mol. The van der Waals surface area contributed by atoms with Crippen LogP contribution in [0.4, 0.5) is 0 Å². The summed E-state index contributed by atoms with van der Waals surface area (Å²) < 4.78 is 39.2. The van der Waals surface area contributed by atoms with Gasteiger partial charge in [0.15, 0.2) is 59.6 Å². The molecule has 2 fully saturated rings. The van der Waals surface area contributed by atoms with Crippen LogP contribution in [0.2, 0.25) is 0 Å². The summed E-state index contributed by atoms with van der Waals surface area (Å²) in [6.07, 6.45) is -25.0. The molecule has 0 aliphatic carbocycles. The zero-order valence-corrected chi connectivity index (χ0v) is 29.4. The minimum Gasteiger partial charge on any atom is -0.507 e. The lowest BCUT2D eigenvalue weighted by molar-refractivity contribution is -0.271. The number of aromatic hydroxyl groups is 2. The number of carboxylic acids is 2. The van der Waals surface area contributed by atoms with Gasteiger partial charge in [0.2, 0.25) is 18.4 Å². The molecule has 12 N–H and O–H groups in total. The van der Waals surface area contributed by atoms with E-state index in [1.807, 2.05) is 0 Å². The SMILES string of the molecule is O=C1c2c(O)cc(OC3OC(C(=O)O)C(O)C(O)C3O)cc2OC(c2ccc3c(c2)OC(c2ccc(OC4OC(C(=O)O)C(O)C(O)C4O)c(O)c2)C(CO)O3)C1O. The van der Waals surface area contributed by atoms with Crippen LogP contribution >= 0.6 is 0 Å². The predicted molar refractivity (Wildman–Crippen MR) is 181 cm³/mol. The van der Waals surface area contributed by atoms with Crippen molar-refractivity contribution in [3.8, 4) is 40.2 Å². The van der Waals surface area contributed by atoms with Gasteiger partial charge in [0, 0.05) is 17.7 Å². The number of carboxylic acid groups (broad SMARTS) is 2. The number of rotatable bonds is 9. The molecular formula is C36H36O22. The van der Waals surface area contributed by atoms with Crippen molar-refractivity contribution < 1.29 is 109 Å². The highest BCUT2D eigenvalue weighted by Gasteiger charge is 2.50. The Morgan fingerprint density at radius 3 is 1.76 bits per heavy atom. The zero-order valence-electron chi connectivity index (χ0n) is 29.4. The maximum absolute atomic E-state index is 13.3. The number of ketones is 1. The molecule has 0 saturated carbocycles. The topological polar surface area (TPSA) is 359 Å². The summed E-state index contributed by atoms with van der Waals surface area (Å²) in [5.74, 6) is -6.47. The number of phenols is 2. The molecule has 7 rings (SSSR count). The highest BCUT2D eigenvalue weighted by atomic mass is 16.7. The molecule has 22 nitrogen and oxygen atoms in total. The molecule has 0 bridgehead atoms. The lowest BCUT2D eigenvalue weighted by Crippen LogP contribution is -2.61. The van der Waals surface area contributed by atoms with Gasteiger partial charge in [-0.2, -0.15) is 0 Å². The molecule has 14 atom stereocenters. The molecule has 58 heavy (non-hydrogen) atoms. The number of hydrogen-bond donors (Lipinski definition) is 12. The number of aliphatic hydroxyl groups excluding tert-OH is 8. The van der Waals surface area contributed by atoms with Crippen molar-refractivity contribution in [2.45, 2.75) is 85.8 Å². The van der Waals surface area contributed by atoms with E-state index in [1.165, 1.54) is 30.3 Å². The Labute approximate surface area is 324 Å². The first kappa shape index (κ1) is 40.7. The van der Waals surface area contributed by atoms with Crippen LogP contribution in [0.25, 0.3) is 0 Å². The van der Waals surface area contributed by atoms with Gasteiger partial charge in [-0.1, -0.05) is 12.1 Å². The highest BCUT2D eigenvalue weighted by molar-refractivity contribution is 6.05. The standard InChI is InChI=1S/C36H36O22/c37-9-19-29(10-1-3-15(13(38)5-10)56-36-28(47)23(42)26(45)32(58-36)34(50)51)54-17-6-11(2-4-16(17)53-19)30-24(43)21(40)20-14(39)7-12(8-18(20)55-30)52-35-27(46)22(41)25(44)31(57-35)33(48)49/h1-8,19,22-32,35-39,41-47H,9H2,(H,48,49)(H,50,51). The summed E-state index contributed by atoms with van der Waals surface area (Å²) in [4.78, 5) is 36.3. The smallest absolute Gasteiger partial charge is 0.335 e. The van der Waals surface area contributed by atoms with E-state index in [2.05, 4.69) is 0 Å². The Morgan fingerprint density at radius 2 is 1.17 bits per heavy atom. The van der Waals surface area contributed by atoms with Crippen molar-refractivity contribution >= 4 is 17.7 Å². The van der Waals surface area contributed by atoms with Crippen molar-refractivity contribution in [1.82, 2.24) is 0 Å². The van der Waals surface area contributed by atoms with E-state index in [9.17, 15) is 75.7 Å². The molecule has 2 saturated heterocycles. The Kier molecular flexibility index (Phi) is 11.0. The highest BCUT2D eigenvalue weighted by Crippen LogP contribution is 2.46. The van der Waals surface area contributed by atoms with E-state index in [0.29, 0.717) is 0 Å². The van der Waals surface area contributed by atoms with Crippen LogP contribution < -0.4 is 23.7 Å². The molecule has 0 aromatic heterocycles. The number of benzene rings is 3. The largest absolute Gasteiger partial charge is 0.507 e. The number of carbonyl (C=O) groups excluding carboxylic acids is 1. The number of ether oxygens (including phenoxy) is 7. The molecule has 4 heterocycles. The van der Waals surface area contributed by atoms with Crippen LogP contribution in [-0.2, 0) is 19.1 Å². The zero-order chi connectivity index (χ0) is 41.9. The molecular weight excluding hydrogens is 784 g/mol. The van der Waals surface area contributed by atoms with Crippen LogP contribution in [0.3, 0.4) is 0 Å². The number of phenolic OH excluding ortho intramolecular Hbond substituents is 2. The Balaban J connectivity index is 1.11. The fourth-order valence-electron chi connectivity index (χ4n) is 6.84. The number of hydrogen-bond acceptors (Lipinski definition) is 20. The number of carbonyl (C=O) groups is 3. The first-order valence-electron chi connectivity index (χ1n) is 17.3. The first-order chi connectivity index (χ1) is 27.5. The summed E-state index contributed by atoms with van der Waals surface area (Å²) in [6.45, 7) is -0.590. The van der Waals surface area contributed by atoms with Gasteiger partial charge in [0.1, 0.15) is 59.4 Å². The van der Waals surface area contributed by atoms with Crippen LogP contribution in [0.5, 0.6) is 40.2 Å². The summed E-state index contributed by atoms with van der Waals surface area (Å²) in [7, 11) is 0. The van der Waals surface area contributed by atoms with Gasteiger partial charge in [0.05, 0.1) is 6.61 Å². The van der Waals surface area contributed by atoms with Gasteiger partial charge in [-0.15, -0.1) is 0 Å². The van der Waals surface area contributed by atoms with E-state index in [0.717, 1.165) is 18.2 Å². The van der Waals surface area contributed by atoms with Crippen molar-refractivity contribution in [3.05, 3.63) is 65.2 Å². The molecule has 0 spiro atoms. The van der Waals surface area contributed by atoms with Gasteiger partial charge in [-0.3, -0.25) is 4.79 Å². The predicted octanol–water partition coefficient (Wildman–Crippen LogP) is -2.81. The van der Waals surface area contributed by atoms with Gasteiger partial charge in [-0.05, 0) is 29.8 Å². The molecule has 3 aromatic carbocycles. The Bertz CT molecular complexity index is 2070. The summed E-state index contributed by atoms with van der Waals surface area (Å²) >= 11 is 0. The lowest BCUT2D eigenvalue weighted by atomic mass is 9.92. The van der Waals surface area contributed by atoms with Gasteiger partial charge < -0.3 is 94.4 Å². The average molecular weight is 821 g/mol. The van der Waals surface area contributed by atoms with Crippen LogP contribution in [0.15, 0.2) is 48.5 Å². The third-order valence-electron chi connectivity index (χ3n) is 9.89. The summed E-state index contributed by atoms with van der Waals surface area (Å²) in [5, 5.41) is 122. The second-order valence-corrected chi connectivity index (χ2v) is 13.7. The maximum atomic E-state index is 13.3. The van der Waals surface area contributed by atoms with Gasteiger partial charge in [0.25, 0.3) is 0 Å². The number of Topliss-reactive ketones (excluding diaryl/α,β-unsaturated/α-hetero) is 1. The van der Waals surface area contributed by atoms with Crippen molar-refractivity contribution in [2.24, 2.45) is 0 Å². The quantitative estimate of drug-likeness (QED) is 0.104. The molecule has 14 unspecified atom stereocenters. The third kappa shape index (κ3) is 7.26. The first-order valence-corrected chi connectivity index (χ1v) is 17.3. The fourth-order valence-corrected chi connectivity index (χ4v) is 6.84. The second-order valence-electron chi connectivity index (χ2n) is 13.7. The Morgan fingerprint density at radius 1 is 0.603 bits per heavy atom. The Hall–Kier alpha value is -5.53. The third-order valence-corrected chi connectivity index (χ3v) is 9.89. The maximum Gasteiger partial charge on any atom is 0.335 e. The molecule has 312 valence electrons. The lowest BCUT2D eigenvalue weighted by Gasteiger charge is -2.38. The minimum absolute atomic E-state index is 0.0177. The van der Waals surface area contributed by atoms with E-state index in [4.69, 9.17) is 33.2 Å². The molecule has 0 radical (unpaired) electrons. The van der Waals surface area contributed by atoms with E-state index in [-0.39, 0.29) is 39.9 Å². The average Bonchev–Trinajstić information content (AvgIpc) is 3.19. The van der Waals surface area contributed by atoms with Crippen LogP contribution in [0, 0.1) is 0 Å². The van der Waals surface area contributed by atoms with Crippen molar-refractivity contribution in [2.75, 3.05) is 6.61 Å². The molecule has 3 aromatic rings. The van der Waals surface area contributed by atoms with E-state index < -0.39 is 127 Å². The van der Waals surface area contributed by atoms with Crippen molar-refractivity contribution in [3.63, 3.8) is 0 Å². The summed E-state index contributed by atoms with van der Waals surface area (Å²) in [6, 6.07) is 9.84. The number of fused-ring (bicyclic) bond motifs is 2.